The van der Waals surface area contributed by atoms with Crippen molar-refractivity contribution in [3.05, 3.63) is 44.3 Å². The third-order valence-electron chi connectivity index (χ3n) is 2.02. The third kappa shape index (κ3) is 3.70. The van der Waals surface area contributed by atoms with E-state index in [-0.39, 0.29) is 17.8 Å². The first-order valence-electron chi connectivity index (χ1n) is 5.01. The van der Waals surface area contributed by atoms with Gasteiger partial charge >= 0.3 is 0 Å². The van der Waals surface area contributed by atoms with E-state index in [2.05, 4.69) is 21.9 Å². The van der Waals surface area contributed by atoms with Crippen LogP contribution in [0.5, 0.6) is 5.75 Å². The van der Waals surface area contributed by atoms with E-state index in [0.29, 0.717) is 12.2 Å². The Morgan fingerprint density at radius 2 is 2.39 bits per heavy atom. The number of methoxy groups -OCH3 is 1. The van der Waals surface area contributed by atoms with Crippen molar-refractivity contribution < 1.29 is 9.66 Å². The Morgan fingerprint density at radius 1 is 1.61 bits per heavy atom. The van der Waals surface area contributed by atoms with Gasteiger partial charge in [-0.15, -0.1) is 0 Å². The smallest absolute Gasteiger partial charge is 0.285 e. The lowest BCUT2D eigenvalue weighted by molar-refractivity contribution is -0.385. The zero-order chi connectivity index (χ0) is 13.4. The molecule has 0 amide bonds. The number of rotatable bonds is 4. The lowest BCUT2D eigenvalue weighted by atomic mass is 10.1. The molecule has 0 saturated carbocycles. The van der Waals surface area contributed by atoms with Crippen LogP contribution in [0, 0.1) is 22.0 Å². The molecule has 0 bridgehead atoms. The van der Waals surface area contributed by atoms with Gasteiger partial charge in [0.25, 0.3) is 5.69 Å². The molecular weight excluding hydrogens is 236 g/mol. The Balaban J connectivity index is 2.96. The van der Waals surface area contributed by atoms with E-state index in [1.54, 1.807) is 0 Å². The van der Waals surface area contributed by atoms with Crippen LogP contribution in [0.25, 0.3) is 10.4 Å². The fourth-order valence-corrected chi connectivity index (χ4v) is 1.21. The highest BCUT2D eigenvalue weighted by molar-refractivity contribution is 5.54. The molecule has 92 valence electrons. The zero-order valence-electron chi connectivity index (χ0n) is 9.66. The molecule has 0 aromatic heterocycles. The van der Waals surface area contributed by atoms with Crippen LogP contribution >= 0.6 is 0 Å². The number of hydrogen-bond donors (Lipinski definition) is 0. The van der Waals surface area contributed by atoms with E-state index in [1.165, 1.54) is 25.3 Å². The Hall–Kier alpha value is -2.71. The van der Waals surface area contributed by atoms with Gasteiger partial charge in [0.15, 0.2) is 0 Å². The van der Waals surface area contributed by atoms with Gasteiger partial charge in [-0.25, -0.2) is 0 Å². The summed E-state index contributed by atoms with van der Waals surface area (Å²) in [6.45, 7) is 0.237. The number of nitro groups is 1. The topological polar surface area (TPSA) is 101 Å². The van der Waals surface area contributed by atoms with E-state index in [1.807, 2.05) is 0 Å². The molecule has 0 aliphatic rings. The van der Waals surface area contributed by atoms with Crippen LogP contribution in [0.15, 0.2) is 23.3 Å². The van der Waals surface area contributed by atoms with Crippen LogP contribution in [0.1, 0.15) is 12.0 Å². The van der Waals surface area contributed by atoms with Crippen LogP contribution in [0.2, 0.25) is 0 Å². The lowest BCUT2D eigenvalue weighted by Crippen LogP contribution is -1.93. The summed E-state index contributed by atoms with van der Waals surface area (Å²) in [5.74, 6) is 5.88. The average molecular weight is 246 g/mol. The second-order valence-corrected chi connectivity index (χ2v) is 3.15. The molecule has 0 unspecified atom stereocenters. The first kappa shape index (κ1) is 13.4. The van der Waals surface area contributed by atoms with Gasteiger partial charge in [0, 0.05) is 30.0 Å². The van der Waals surface area contributed by atoms with Crippen molar-refractivity contribution >= 4 is 5.69 Å². The molecule has 1 rings (SSSR count). The molecule has 0 aliphatic heterocycles. The van der Waals surface area contributed by atoms with Gasteiger partial charge in [-0.05, 0) is 11.6 Å². The second kappa shape index (κ2) is 6.78. The molecule has 0 radical (unpaired) electrons. The van der Waals surface area contributed by atoms with Crippen molar-refractivity contribution in [3.8, 4) is 17.6 Å². The minimum atomic E-state index is -0.503. The molecule has 7 heteroatoms. The SMILES string of the molecule is COc1ccc([N+](=O)[O-])c(C#CCCN=[N+]=[N-])c1. The second-order valence-electron chi connectivity index (χ2n) is 3.15. The van der Waals surface area contributed by atoms with E-state index in [4.69, 9.17) is 10.3 Å². The van der Waals surface area contributed by atoms with Gasteiger partial charge in [-0.3, -0.25) is 10.1 Å². The quantitative estimate of drug-likeness (QED) is 0.155. The minimum Gasteiger partial charge on any atom is -0.497 e. The number of ether oxygens (including phenoxy) is 1. The molecule has 0 atom stereocenters. The largest absolute Gasteiger partial charge is 0.497 e. The number of benzene rings is 1. The van der Waals surface area contributed by atoms with Crippen molar-refractivity contribution in [2.75, 3.05) is 13.7 Å². The summed E-state index contributed by atoms with van der Waals surface area (Å²) < 4.78 is 4.98. The van der Waals surface area contributed by atoms with Crippen LogP contribution in [0.3, 0.4) is 0 Å². The summed E-state index contributed by atoms with van der Waals surface area (Å²) in [6, 6.07) is 4.35. The molecule has 0 saturated heterocycles. The normalized spacial score (nSPS) is 8.72. The summed E-state index contributed by atoms with van der Waals surface area (Å²) in [4.78, 5) is 12.9. The summed E-state index contributed by atoms with van der Waals surface area (Å²) >= 11 is 0. The van der Waals surface area contributed by atoms with Crippen molar-refractivity contribution in [2.24, 2.45) is 5.11 Å². The molecule has 1 aromatic carbocycles. The predicted molar refractivity (Wildman–Crippen MR) is 65.2 cm³/mol. The van der Waals surface area contributed by atoms with Gasteiger partial charge in [0.1, 0.15) is 11.3 Å². The van der Waals surface area contributed by atoms with E-state index < -0.39 is 4.92 Å². The predicted octanol–water partition coefficient (Wildman–Crippen LogP) is 2.66. The highest BCUT2D eigenvalue weighted by atomic mass is 16.6. The number of nitro benzene ring substituents is 1. The zero-order valence-corrected chi connectivity index (χ0v) is 9.66. The Bertz CT molecular complexity index is 553. The number of hydrogen-bond acceptors (Lipinski definition) is 4. The van der Waals surface area contributed by atoms with Gasteiger partial charge in [-0.1, -0.05) is 17.0 Å². The summed E-state index contributed by atoms with van der Waals surface area (Å²) in [5.41, 5.74) is 8.27. The fourth-order valence-electron chi connectivity index (χ4n) is 1.21. The van der Waals surface area contributed by atoms with Crippen molar-refractivity contribution in [1.29, 1.82) is 0 Å². The lowest BCUT2D eigenvalue weighted by Gasteiger charge is -2.00. The molecule has 1 aromatic rings. The molecular formula is C11H10N4O3. The fraction of sp³-hybridized carbons (Fsp3) is 0.273. The maximum atomic E-state index is 10.8. The van der Waals surface area contributed by atoms with E-state index in [0.717, 1.165) is 0 Å². The molecule has 0 spiro atoms. The van der Waals surface area contributed by atoms with E-state index in [9.17, 15) is 10.1 Å². The van der Waals surface area contributed by atoms with Crippen LogP contribution in [0.4, 0.5) is 5.69 Å². The molecule has 18 heavy (non-hydrogen) atoms. The maximum absolute atomic E-state index is 10.8. The minimum absolute atomic E-state index is 0.0768. The molecule has 0 N–H and O–H groups in total. The van der Waals surface area contributed by atoms with Gasteiger partial charge in [-0.2, -0.15) is 0 Å². The van der Waals surface area contributed by atoms with E-state index >= 15 is 0 Å². The van der Waals surface area contributed by atoms with Crippen molar-refractivity contribution in [1.82, 2.24) is 0 Å². The van der Waals surface area contributed by atoms with Crippen LogP contribution < -0.4 is 4.74 Å². The molecule has 0 aliphatic carbocycles. The Labute approximate surface area is 103 Å². The average Bonchev–Trinajstić information content (AvgIpc) is 2.38. The van der Waals surface area contributed by atoms with Crippen molar-refractivity contribution in [3.63, 3.8) is 0 Å². The summed E-state index contributed by atoms with van der Waals surface area (Å²) in [5, 5.41) is 14.1. The third-order valence-corrected chi connectivity index (χ3v) is 2.02. The van der Waals surface area contributed by atoms with Crippen molar-refractivity contribution in [2.45, 2.75) is 6.42 Å². The van der Waals surface area contributed by atoms with Crippen LogP contribution in [-0.2, 0) is 0 Å². The maximum Gasteiger partial charge on any atom is 0.285 e. The molecule has 0 heterocycles. The standard InChI is InChI=1S/C11H10N4O3/c1-18-10-5-6-11(15(16)17)9(8-10)4-2-3-7-13-14-12/h5-6,8H,3,7H2,1H3. The number of azide groups is 1. The Kier molecular flexibility index (Phi) is 5.03. The van der Waals surface area contributed by atoms with Crippen LogP contribution in [-0.4, -0.2) is 18.6 Å². The molecule has 7 nitrogen and oxygen atoms in total. The highest BCUT2D eigenvalue weighted by Crippen LogP contribution is 2.22. The monoisotopic (exact) mass is 246 g/mol. The molecule has 0 fully saturated rings. The first-order valence-corrected chi connectivity index (χ1v) is 5.01. The van der Waals surface area contributed by atoms with Gasteiger partial charge in [0.05, 0.1) is 12.0 Å². The van der Waals surface area contributed by atoms with Gasteiger partial charge in [0.2, 0.25) is 0 Å². The Morgan fingerprint density at radius 3 is 3.00 bits per heavy atom. The highest BCUT2D eigenvalue weighted by Gasteiger charge is 2.12. The summed E-state index contributed by atoms with van der Waals surface area (Å²) in [7, 11) is 1.47. The first-order chi connectivity index (χ1) is 8.69. The number of nitrogens with zero attached hydrogens (tertiary/aromatic N) is 4. The summed E-state index contributed by atoms with van der Waals surface area (Å²) in [6.07, 6.45) is 0.346. The van der Waals surface area contributed by atoms with Gasteiger partial charge < -0.3 is 4.74 Å².